The summed E-state index contributed by atoms with van der Waals surface area (Å²) in [7, 11) is 0. The molecule has 2 heteroatoms. The minimum atomic E-state index is 0.881. The molecule has 17 heavy (non-hydrogen) atoms. The standard InChI is InChI=1S/C15H20N2/c1-3-13-7-9-14(10-8-13)16-12-15-6-5-11-17(15)4-2/h5-11,16H,3-4,12H2,1-2H3. The summed E-state index contributed by atoms with van der Waals surface area (Å²) in [5.74, 6) is 0. The molecular weight excluding hydrogens is 208 g/mol. The molecule has 0 atom stereocenters. The van der Waals surface area contributed by atoms with E-state index in [1.165, 1.54) is 16.9 Å². The van der Waals surface area contributed by atoms with Gasteiger partial charge in [0, 0.05) is 24.1 Å². The maximum Gasteiger partial charge on any atom is 0.0553 e. The Bertz CT molecular complexity index is 454. The van der Waals surface area contributed by atoms with Gasteiger partial charge >= 0.3 is 0 Å². The second-order valence-corrected chi connectivity index (χ2v) is 4.19. The van der Waals surface area contributed by atoms with Crippen LogP contribution >= 0.6 is 0 Å². The summed E-state index contributed by atoms with van der Waals surface area (Å²) in [4.78, 5) is 0. The summed E-state index contributed by atoms with van der Waals surface area (Å²) in [6.45, 7) is 6.25. The third-order valence-corrected chi connectivity index (χ3v) is 3.10. The summed E-state index contributed by atoms with van der Waals surface area (Å²) in [5, 5.41) is 3.45. The van der Waals surface area contributed by atoms with E-state index in [1.807, 2.05) is 0 Å². The molecule has 0 saturated heterocycles. The van der Waals surface area contributed by atoms with Gasteiger partial charge in [0.05, 0.1) is 6.54 Å². The first kappa shape index (κ1) is 11.8. The van der Waals surface area contributed by atoms with Crippen molar-refractivity contribution in [2.75, 3.05) is 5.32 Å². The van der Waals surface area contributed by atoms with Crippen molar-refractivity contribution in [3.63, 3.8) is 0 Å². The topological polar surface area (TPSA) is 17.0 Å². The van der Waals surface area contributed by atoms with Crippen molar-refractivity contribution >= 4 is 5.69 Å². The summed E-state index contributed by atoms with van der Waals surface area (Å²) < 4.78 is 2.26. The summed E-state index contributed by atoms with van der Waals surface area (Å²) in [6, 6.07) is 12.9. The van der Waals surface area contributed by atoms with Gasteiger partial charge in [-0.2, -0.15) is 0 Å². The van der Waals surface area contributed by atoms with E-state index < -0.39 is 0 Å². The number of aryl methyl sites for hydroxylation is 2. The molecule has 0 bridgehead atoms. The number of anilines is 1. The Morgan fingerprint density at radius 1 is 1.06 bits per heavy atom. The van der Waals surface area contributed by atoms with Gasteiger partial charge in [0.15, 0.2) is 0 Å². The van der Waals surface area contributed by atoms with E-state index >= 15 is 0 Å². The van der Waals surface area contributed by atoms with E-state index in [-0.39, 0.29) is 0 Å². The summed E-state index contributed by atoms with van der Waals surface area (Å²) in [6.07, 6.45) is 3.22. The van der Waals surface area contributed by atoms with Gasteiger partial charge in [0.1, 0.15) is 0 Å². The van der Waals surface area contributed by atoms with Gasteiger partial charge < -0.3 is 9.88 Å². The van der Waals surface area contributed by atoms with Crippen LogP contribution in [0.3, 0.4) is 0 Å². The minimum Gasteiger partial charge on any atom is -0.379 e. The summed E-state index contributed by atoms with van der Waals surface area (Å²) >= 11 is 0. The van der Waals surface area contributed by atoms with Gasteiger partial charge in [-0.05, 0) is 43.2 Å². The van der Waals surface area contributed by atoms with Crippen molar-refractivity contribution in [1.82, 2.24) is 4.57 Å². The highest BCUT2D eigenvalue weighted by Crippen LogP contribution is 2.12. The van der Waals surface area contributed by atoms with Gasteiger partial charge in [0.25, 0.3) is 0 Å². The molecule has 2 aromatic rings. The van der Waals surface area contributed by atoms with Gasteiger partial charge in [-0.3, -0.25) is 0 Å². The fraction of sp³-hybridized carbons (Fsp3) is 0.333. The second kappa shape index (κ2) is 5.58. The van der Waals surface area contributed by atoms with Crippen LogP contribution in [-0.4, -0.2) is 4.57 Å². The van der Waals surface area contributed by atoms with Crippen LogP contribution in [0.4, 0.5) is 5.69 Å². The third-order valence-electron chi connectivity index (χ3n) is 3.10. The van der Waals surface area contributed by atoms with E-state index in [0.717, 1.165) is 19.5 Å². The lowest BCUT2D eigenvalue weighted by Gasteiger charge is -2.09. The van der Waals surface area contributed by atoms with Crippen molar-refractivity contribution in [3.8, 4) is 0 Å². The Morgan fingerprint density at radius 2 is 1.82 bits per heavy atom. The monoisotopic (exact) mass is 228 g/mol. The van der Waals surface area contributed by atoms with Crippen molar-refractivity contribution in [3.05, 3.63) is 53.9 Å². The zero-order chi connectivity index (χ0) is 12.1. The average Bonchev–Trinajstić information content (AvgIpc) is 2.84. The first-order valence-corrected chi connectivity index (χ1v) is 6.30. The third kappa shape index (κ3) is 2.90. The van der Waals surface area contributed by atoms with Crippen LogP contribution in [0.15, 0.2) is 42.6 Å². The number of benzene rings is 1. The predicted octanol–water partition coefficient (Wildman–Crippen LogP) is 3.68. The maximum absolute atomic E-state index is 3.45. The Morgan fingerprint density at radius 3 is 2.47 bits per heavy atom. The van der Waals surface area contributed by atoms with Crippen LogP contribution in [0, 0.1) is 0 Å². The molecule has 0 unspecified atom stereocenters. The highest BCUT2D eigenvalue weighted by Gasteiger charge is 1.98. The normalized spacial score (nSPS) is 10.5. The number of aromatic nitrogens is 1. The molecule has 0 radical (unpaired) electrons. The lowest BCUT2D eigenvalue weighted by Crippen LogP contribution is -2.05. The number of nitrogens with zero attached hydrogens (tertiary/aromatic N) is 1. The largest absolute Gasteiger partial charge is 0.379 e. The molecular formula is C15H20N2. The van der Waals surface area contributed by atoms with Gasteiger partial charge in [0.2, 0.25) is 0 Å². The molecule has 0 saturated carbocycles. The highest BCUT2D eigenvalue weighted by molar-refractivity contribution is 5.44. The van der Waals surface area contributed by atoms with E-state index in [9.17, 15) is 0 Å². The number of hydrogen-bond donors (Lipinski definition) is 1. The molecule has 0 spiro atoms. The van der Waals surface area contributed by atoms with Crippen LogP contribution in [0.1, 0.15) is 25.1 Å². The van der Waals surface area contributed by atoms with Gasteiger partial charge in [-0.15, -0.1) is 0 Å². The van der Waals surface area contributed by atoms with Crippen molar-refractivity contribution in [2.45, 2.75) is 33.4 Å². The van der Waals surface area contributed by atoms with Gasteiger partial charge in [-0.1, -0.05) is 19.1 Å². The number of nitrogens with one attached hydrogen (secondary N) is 1. The van der Waals surface area contributed by atoms with E-state index in [2.05, 4.69) is 66.3 Å². The fourth-order valence-corrected chi connectivity index (χ4v) is 1.97. The van der Waals surface area contributed by atoms with Crippen LogP contribution in [-0.2, 0) is 19.5 Å². The lowest BCUT2D eigenvalue weighted by atomic mass is 10.1. The minimum absolute atomic E-state index is 0.881. The molecule has 1 heterocycles. The maximum atomic E-state index is 3.45. The molecule has 0 fully saturated rings. The molecule has 1 aromatic heterocycles. The lowest BCUT2D eigenvalue weighted by molar-refractivity contribution is 0.724. The Balaban J connectivity index is 1.97. The Hall–Kier alpha value is -1.70. The van der Waals surface area contributed by atoms with Crippen molar-refractivity contribution < 1.29 is 0 Å². The molecule has 2 nitrogen and oxygen atoms in total. The van der Waals surface area contributed by atoms with Crippen molar-refractivity contribution in [1.29, 1.82) is 0 Å². The zero-order valence-electron chi connectivity index (χ0n) is 10.6. The molecule has 0 aliphatic carbocycles. The first-order chi connectivity index (χ1) is 8.33. The molecule has 0 aliphatic rings. The second-order valence-electron chi connectivity index (χ2n) is 4.19. The molecule has 1 N–H and O–H groups in total. The molecule has 90 valence electrons. The van der Waals surface area contributed by atoms with Crippen LogP contribution < -0.4 is 5.32 Å². The fourth-order valence-electron chi connectivity index (χ4n) is 1.97. The summed E-state index contributed by atoms with van der Waals surface area (Å²) in [5.41, 5.74) is 3.89. The molecule has 0 aliphatic heterocycles. The smallest absolute Gasteiger partial charge is 0.0553 e. The van der Waals surface area contributed by atoms with E-state index in [1.54, 1.807) is 0 Å². The SMILES string of the molecule is CCc1ccc(NCc2cccn2CC)cc1. The predicted molar refractivity (Wildman–Crippen MR) is 73.3 cm³/mol. The zero-order valence-corrected chi connectivity index (χ0v) is 10.6. The van der Waals surface area contributed by atoms with Crippen LogP contribution in [0.5, 0.6) is 0 Å². The molecule has 1 aromatic carbocycles. The Labute approximate surface area is 103 Å². The van der Waals surface area contributed by atoms with E-state index in [0.29, 0.717) is 0 Å². The quantitative estimate of drug-likeness (QED) is 0.826. The Kier molecular flexibility index (Phi) is 3.86. The highest BCUT2D eigenvalue weighted by atomic mass is 15.0. The number of hydrogen-bond acceptors (Lipinski definition) is 1. The van der Waals surface area contributed by atoms with Crippen LogP contribution in [0.2, 0.25) is 0 Å². The average molecular weight is 228 g/mol. The number of rotatable bonds is 5. The van der Waals surface area contributed by atoms with Crippen LogP contribution in [0.25, 0.3) is 0 Å². The molecule has 0 amide bonds. The van der Waals surface area contributed by atoms with Crippen molar-refractivity contribution in [2.24, 2.45) is 0 Å². The van der Waals surface area contributed by atoms with Gasteiger partial charge in [-0.25, -0.2) is 0 Å². The van der Waals surface area contributed by atoms with E-state index in [4.69, 9.17) is 0 Å². The first-order valence-electron chi connectivity index (χ1n) is 6.30. The molecule has 2 rings (SSSR count).